The summed E-state index contributed by atoms with van der Waals surface area (Å²) in [6.07, 6.45) is -0.542. The van der Waals surface area contributed by atoms with Crippen molar-refractivity contribution in [2.45, 2.75) is 56.8 Å². The first-order chi connectivity index (χ1) is 24.4. The Morgan fingerprint density at radius 1 is 0.961 bits per heavy atom. The number of morpholine rings is 1. The van der Waals surface area contributed by atoms with E-state index in [0.29, 0.717) is 31.7 Å². The van der Waals surface area contributed by atoms with Crippen molar-refractivity contribution in [1.29, 1.82) is 0 Å². The molecule has 0 bridgehead atoms. The summed E-state index contributed by atoms with van der Waals surface area (Å²) in [4.78, 5) is 93.5. The fraction of sp³-hybridized carbons (Fsp3) is 0.441. The predicted molar refractivity (Wildman–Crippen MR) is 181 cm³/mol. The van der Waals surface area contributed by atoms with Crippen LogP contribution in [0.25, 0.3) is 0 Å². The maximum atomic E-state index is 13.9. The number of benzene rings is 2. The molecule has 3 atom stereocenters. The molecule has 0 radical (unpaired) electrons. The number of carbonyl (C=O) groups excluding carboxylic acids is 6. The van der Waals surface area contributed by atoms with Gasteiger partial charge in [-0.2, -0.15) is 0 Å². The summed E-state index contributed by atoms with van der Waals surface area (Å²) in [6, 6.07) is 7.14. The van der Waals surface area contributed by atoms with E-state index in [1.165, 1.54) is 18.2 Å². The average molecular weight is 747 g/mol. The highest BCUT2D eigenvalue weighted by atomic mass is 35.5. The fourth-order valence-corrected chi connectivity index (χ4v) is 6.67. The number of carboxylic acids is 1. The van der Waals surface area contributed by atoms with E-state index in [9.17, 15) is 38.7 Å². The first kappa shape index (κ1) is 37.7. The van der Waals surface area contributed by atoms with Crippen LogP contribution in [-0.2, 0) is 40.0 Å². The summed E-state index contributed by atoms with van der Waals surface area (Å²) in [5, 5.41) is 16.6. The van der Waals surface area contributed by atoms with Crippen LogP contribution in [-0.4, -0.2) is 119 Å². The first-order valence-electron chi connectivity index (χ1n) is 16.4. The Morgan fingerprint density at radius 3 is 2.31 bits per heavy atom. The van der Waals surface area contributed by atoms with Crippen LogP contribution < -0.4 is 10.6 Å². The Balaban J connectivity index is 1.25. The largest absolute Gasteiger partial charge is 0.481 e. The average Bonchev–Trinajstić information content (AvgIpc) is 3.22. The Morgan fingerprint density at radius 2 is 1.65 bits per heavy atom. The van der Waals surface area contributed by atoms with E-state index in [2.05, 4.69) is 15.5 Å². The molecule has 272 valence electrons. The number of hydrogen-bond acceptors (Lipinski definition) is 10. The number of ether oxygens (including phenoxy) is 2. The van der Waals surface area contributed by atoms with Gasteiger partial charge in [0.15, 0.2) is 12.4 Å². The van der Waals surface area contributed by atoms with Crippen LogP contribution in [0.15, 0.2) is 42.5 Å². The first-order valence-corrected chi connectivity index (χ1v) is 17.2. The third-order valence-corrected chi connectivity index (χ3v) is 9.42. The summed E-state index contributed by atoms with van der Waals surface area (Å²) in [6.45, 7) is 2.86. The van der Waals surface area contributed by atoms with Crippen molar-refractivity contribution in [2.75, 3.05) is 39.5 Å². The number of fused-ring (bicyclic) bond motifs is 1. The Labute approximate surface area is 303 Å². The molecule has 0 saturated carbocycles. The van der Waals surface area contributed by atoms with E-state index < -0.39 is 72.5 Å². The van der Waals surface area contributed by atoms with Crippen LogP contribution in [0.1, 0.15) is 58.4 Å². The Kier molecular flexibility index (Phi) is 12.6. The van der Waals surface area contributed by atoms with E-state index in [-0.39, 0.29) is 41.4 Å². The smallest absolute Gasteiger partial charge is 0.341 e. The number of carboxylic acid groups (broad SMARTS) is 1. The lowest BCUT2D eigenvalue weighted by atomic mass is 10.0. The monoisotopic (exact) mass is 745 g/mol. The normalized spacial score (nSPS) is 20.1. The second kappa shape index (κ2) is 17.1. The van der Waals surface area contributed by atoms with Crippen molar-refractivity contribution in [1.82, 2.24) is 25.6 Å². The standard InChI is InChI=1S/C34H37Cl2N5O10/c35-22-3-1-4-23(36)30(22)34(49)51-19-27(42)25(17-29(44)45)38-32(47)26-5-2-12-40-28(43)11-10-24(33(48)41(26)40)37-31(46)21-8-6-20(7-9-21)18-39-13-15-50-16-14-39/h1,3-4,6-9,24-26H,2,5,10-19H2,(H,37,46)(H,38,47)(H,44,45). The third-order valence-electron chi connectivity index (χ3n) is 8.79. The van der Waals surface area contributed by atoms with Gasteiger partial charge >= 0.3 is 11.9 Å². The van der Waals surface area contributed by atoms with Crippen LogP contribution >= 0.6 is 23.2 Å². The number of carbonyl (C=O) groups is 7. The minimum absolute atomic E-state index is 0.0131. The number of ketones is 1. The molecule has 3 aliphatic rings. The van der Waals surface area contributed by atoms with Crippen molar-refractivity contribution in [3.63, 3.8) is 0 Å². The molecule has 3 saturated heterocycles. The van der Waals surface area contributed by atoms with Crippen molar-refractivity contribution < 1.29 is 48.1 Å². The molecule has 3 unspecified atom stereocenters. The van der Waals surface area contributed by atoms with Crippen LogP contribution in [0, 0.1) is 0 Å². The highest BCUT2D eigenvalue weighted by Gasteiger charge is 2.45. The lowest BCUT2D eigenvalue weighted by Gasteiger charge is -2.43. The summed E-state index contributed by atoms with van der Waals surface area (Å²) in [5.41, 5.74) is 1.12. The van der Waals surface area contributed by atoms with Gasteiger partial charge in [-0.25, -0.2) is 9.80 Å². The lowest BCUT2D eigenvalue weighted by Crippen LogP contribution is -2.64. The number of rotatable bonds is 12. The highest BCUT2D eigenvalue weighted by Crippen LogP contribution is 2.27. The molecule has 2 aromatic carbocycles. The third kappa shape index (κ3) is 9.41. The molecule has 0 spiro atoms. The highest BCUT2D eigenvalue weighted by molar-refractivity contribution is 6.39. The predicted octanol–water partition coefficient (Wildman–Crippen LogP) is 1.84. The number of aliphatic carboxylic acids is 1. The van der Waals surface area contributed by atoms with Gasteiger partial charge in [0.1, 0.15) is 18.1 Å². The van der Waals surface area contributed by atoms with E-state index in [0.717, 1.165) is 28.7 Å². The molecule has 3 fully saturated rings. The number of nitrogens with one attached hydrogen (secondary N) is 2. The molecule has 0 aromatic heterocycles. The quantitative estimate of drug-likeness (QED) is 0.269. The number of hydrogen-bond donors (Lipinski definition) is 3. The second-order valence-electron chi connectivity index (χ2n) is 12.3. The Hall–Kier alpha value is -4.57. The summed E-state index contributed by atoms with van der Waals surface area (Å²) in [5.74, 6) is -5.99. The number of esters is 1. The van der Waals surface area contributed by atoms with E-state index in [1.54, 1.807) is 12.1 Å². The van der Waals surface area contributed by atoms with Gasteiger partial charge in [-0.05, 0) is 49.1 Å². The zero-order chi connectivity index (χ0) is 36.7. The van der Waals surface area contributed by atoms with Crippen molar-refractivity contribution in [3.05, 3.63) is 69.2 Å². The minimum atomic E-state index is -1.65. The fourth-order valence-electron chi connectivity index (χ4n) is 6.12. The van der Waals surface area contributed by atoms with Gasteiger partial charge in [0, 0.05) is 38.2 Å². The summed E-state index contributed by atoms with van der Waals surface area (Å²) in [7, 11) is 0. The topological polar surface area (TPSA) is 192 Å². The molecule has 15 nitrogen and oxygen atoms in total. The van der Waals surface area contributed by atoms with Crippen LogP contribution in [0.4, 0.5) is 0 Å². The van der Waals surface area contributed by atoms with Crippen LogP contribution in [0.2, 0.25) is 10.0 Å². The number of nitrogens with zero attached hydrogens (tertiary/aromatic N) is 3. The second-order valence-corrected chi connectivity index (χ2v) is 13.1. The van der Waals surface area contributed by atoms with Crippen molar-refractivity contribution >= 4 is 64.6 Å². The molecule has 2 aromatic rings. The number of Topliss-reactive ketones (excluding diaryl/α,β-unsaturated/α-hetero) is 1. The van der Waals surface area contributed by atoms with Gasteiger partial charge in [0.05, 0.1) is 35.2 Å². The maximum absolute atomic E-state index is 13.9. The minimum Gasteiger partial charge on any atom is -0.481 e. The number of hydrazine groups is 1. The molecule has 3 N–H and O–H groups in total. The van der Waals surface area contributed by atoms with Gasteiger partial charge in [-0.15, -0.1) is 0 Å². The molecular weight excluding hydrogens is 709 g/mol. The number of amides is 4. The van der Waals surface area contributed by atoms with Gasteiger partial charge in [-0.1, -0.05) is 41.4 Å². The molecule has 4 amide bonds. The van der Waals surface area contributed by atoms with Gasteiger partial charge in [0.2, 0.25) is 11.8 Å². The van der Waals surface area contributed by atoms with Crippen LogP contribution in [0.3, 0.4) is 0 Å². The van der Waals surface area contributed by atoms with Gasteiger partial charge < -0.3 is 25.2 Å². The molecule has 3 aliphatic heterocycles. The number of halogens is 2. The molecule has 0 aliphatic carbocycles. The molecule has 3 heterocycles. The van der Waals surface area contributed by atoms with E-state index >= 15 is 0 Å². The van der Waals surface area contributed by atoms with Gasteiger partial charge in [-0.3, -0.25) is 38.7 Å². The van der Waals surface area contributed by atoms with Crippen LogP contribution in [0.5, 0.6) is 0 Å². The van der Waals surface area contributed by atoms with E-state index in [1.807, 2.05) is 12.1 Å². The lowest BCUT2D eigenvalue weighted by molar-refractivity contribution is -0.176. The van der Waals surface area contributed by atoms with Gasteiger partial charge in [0.25, 0.3) is 11.8 Å². The summed E-state index contributed by atoms with van der Waals surface area (Å²) >= 11 is 12.1. The van der Waals surface area contributed by atoms with E-state index in [4.69, 9.17) is 32.7 Å². The molecule has 51 heavy (non-hydrogen) atoms. The molecule has 17 heteroatoms. The Bertz CT molecular complexity index is 1660. The summed E-state index contributed by atoms with van der Waals surface area (Å²) < 4.78 is 10.4. The zero-order valence-electron chi connectivity index (χ0n) is 27.5. The SMILES string of the molecule is O=C(O)CC(NC(=O)C1CCCN2C(=O)CCC(NC(=O)c3ccc(CN4CCOCC4)cc3)C(=O)N12)C(=O)COC(=O)c1c(Cl)cccc1Cl. The van der Waals surface area contributed by atoms with Crippen molar-refractivity contribution in [3.8, 4) is 0 Å². The molecule has 5 rings (SSSR count). The van der Waals surface area contributed by atoms with Crippen molar-refractivity contribution in [2.24, 2.45) is 0 Å². The molecular formula is C34H37Cl2N5O10. The zero-order valence-corrected chi connectivity index (χ0v) is 29.0. The maximum Gasteiger partial charge on any atom is 0.341 e.